The van der Waals surface area contributed by atoms with E-state index in [0.29, 0.717) is 5.92 Å². The van der Waals surface area contributed by atoms with E-state index in [9.17, 15) is 13.2 Å². The van der Waals surface area contributed by atoms with E-state index >= 15 is 0 Å². The van der Waals surface area contributed by atoms with E-state index in [-0.39, 0.29) is 17.1 Å². The quantitative estimate of drug-likeness (QED) is 0.315. The second-order valence-electron chi connectivity index (χ2n) is 12.2. The van der Waals surface area contributed by atoms with Gasteiger partial charge in [-0.05, 0) is 140 Å². The predicted molar refractivity (Wildman–Crippen MR) is 146 cm³/mol. The first-order valence-electron chi connectivity index (χ1n) is 14.4. The molecular formula is C34H37F3O. The lowest BCUT2D eigenvalue weighted by molar-refractivity contribution is -0.185. The lowest BCUT2D eigenvalue weighted by Gasteiger charge is -2.33. The number of rotatable bonds is 6. The maximum absolute atomic E-state index is 15.0. The molecule has 0 spiro atoms. The predicted octanol–water partition coefficient (Wildman–Crippen LogP) is 9.97. The number of benzene rings is 3. The monoisotopic (exact) mass is 518 g/mol. The summed E-state index contributed by atoms with van der Waals surface area (Å²) in [6.07, 6.45) is 7.24. The minimum Gasteiger partial charge on any atom is -0.429 e. The summed E-state index contributed by atoms with van der Waals surface area (Å²) < 4.78 is 48.2. The molecule has 1 nitrogen and oxygen atoms in total. The van der Waals surface area contributed by atoms with Crippen LogP contribution in [0.4, 0.5) is 13.2 Å². The molecule has 0 bridgehead atoms. The van der Waals surface area contributed by atoms with Crippen molar-refractivity contribution in [3.8, 4) is 16.9 Å². The van der Waals surface area contributed by atoms with Gasteiger partial charge in [-0.15, -0.1) is 0 Å². The molecule has 3 aliphatic rings. The molecule has 4 heteroatoms. The summed E-state index contributed by atoms with van der Waals surface area (Å²) >= 11 is 0. The summed E-state index contributed by atoms with van der Waals surface area (Å²) in [7, 11) is 0. The van der Waals surface area contributed by atoms with Crippen molar-refractivity contribution in [2.45, 2.75) is 70.3 Å². The van der Waals surface area contributed by atoms with Crippen LogP contribution in [0.1, 0.15) is 75.3 Å². The van der Waals surface area contributed by atoms with Gasteiger partial charge < -0.3 is 4.74 Å². The van der Waals surface area contributed by atoms with Gasteiger partial charge in [0.2, 0.25) is 0 Å². The lowest BCUT2D eigenvalue weighted by atomic mass is 9.72. The molecule has 2 atom stereocenters. The van der Waals surface area contributed by atoms with Crippen LogP contribution < -0.4 is 4.74 Å². The molecule has 0 heterocycles. The topological polar surface area (TPSA) is 9.23 Å². The van der Waals surface area contributed by atoms with Crippen molar-refractivity contribution in [3.05, 3.63) is 89.7 Å². The van der Waals surface area contributed by atoms with Crippen LogP contribution >= 0.6 is 0 Å². The Morgan fingerprint density at radius 1 is 0.632 bits per heavy atom. The highest BCUT2D eigenvalue weighted by molar-refractivity contribution is 5.64. The molecular weight excluding hydrogens is 481 g/mol. The molecule has 3 aliphatic carbocycles. The molecule has 6 rings (SSSR count). The number of alkyl halides is 2. The summed E-state index contributed by atoms with van der Waals surface area (Å²) in [5, 5.41) is 0. The summed E-state index contributed by atoms with van der Waals surface area (Å²) in [4.78, 5) is 0. The third-order valence-corrected chi connectivity index (χ3v) is 9.72. The van der Waals surface area contributed by atoms with Gasteiger partial charge in [-0.1, -0.05) is 43.3 Å². The zero-order chi connectivity index (χ0) is 26.3. The first kappa shape index (κ1) is 25.5. The first-order valence-corrected chi connectivity index (χ1v) is 14.4. The highest BCUT2D eigenvalue weighted by atomic mass is 19.3. The Bertz CT molecular complexity index is 1200. The van der Waals surface area contributed by atoms with E-state index in [4.69, 9.17) is 4.74 Å². The number of hydrogen-bond acceptors (Lipinski definition) is 1. The maximum atomic E-state index is 15.0. The van der Waals surface area contributed by atoms with Gasteiger partial charge in [0.1, 0.15) is 11.6 Å². The second kappa shape index (κ2) is 10.4. The Hall–Kier alpha value is -2.75. The van der Waals surface area contributed by atoms with Crippen LogP contribution in [0.2, 0.25) is 0 Å². The van der Waals surface area contributed by atoms with E-state index in [2.05, 4.69) is 6.92 Å². The summed E-state index contributed by atoms with van der Waals surface area (Å²) in [5.74, 6) is 4.92. The lowest BCUT2D eigenvalue weighted by Crippen LogP contribution is -2.22. The molecule has 0 aliphatic heterocycles. The summed E-state index contributed by atoms with van der Waals surface area (Å²) in [5.41, 5.74) is 2.66. The summed E-state index contributed by atoms with van der Waals surface area (Å²) in [6.45, 7) is 2.42. The third-order valence-electron chi connectivity index (χ3n) is 9.72. The average molecular weight is 519 g/mol. The maximum Gasteiger partial charge on any atom is 0.426 e. The molecule has 3 aromatic rings. The number of ether oxygens (including phenoxy) is 1. The van der Waals surface area contributed by atoms with Gasteiger partial charge in [0.05, 0.1) is 5.56 Å². The van der Waals surface area contributed by atoms with E-state index in [1.165, 1.54) is 93.3 Å². The van der Waals surface area contributed by atoms with Crippen molar-refractivity contribution >= 4 is 0 Å². The van der Waals surface area contributed by atoms with E-state index in [1.54, 1.807) is 24.3 Å². The SMILES string of the molecule is CC1CC2CC(C3CCC(c4ccc(C(F)(F)Oc5ccc(-c6ccc(F)cc6)cc5)cc4)CC3)CC2C1. The molecule has 38 heavy (non-hydrogen) atoms. The number of hydrogen-bond donors (Lipinski definition) is 0. The normalized spacial score (nSPS) is 29.3. The van der Waals surface area contributed by atoms with Crippen molar-refractivity contribution in [1.82, 2.24) is 0 Å². The highest BCUT2D eigenvalue weighted by Gasteiger charge is 2.43. The minimum absolute atomic E-state index is 0.0915. The van der Waals surface area contributed by atoms with Crippen LogP contribution in [0, 0.1) is 35.4 Å². The molecule has 0 aromatic heterocycles. The van der Waals surface area contributed by atoms with Crippen molar-refractivity contribution in [2.75, 3.05) is 0 Å². The Labute approximate surface area is 224 Å². The smallest absolute Gasteiger partial charge is 0.426 e. The van der Waals surface area contributed by atoms with Crippen LogP contribution in [0.3, 0.4) is 0 Å². The fourth-order valence-corrected chi connectivity index (χ4v) is 7.79. The van der Waals surface area contributed by atoms with Gasteiger partial charge in [0.25, 0.3) is 0 Å². The van der Waals surface area contributed by atoms with Crippen molar-refractivity contribution in [2.24, 2.45) is 29.6 Å². The van der Waals surface area contributed by atoms with Gasteiger partial charge in [0, 0.05) is 0 Å². The Morgan fingerprint density at radius 3 is 1.74 bits per heavy atom. The molecule has 0 saturated heterocycles. The zero-order valence-electron chi connectivity index (χ0n) is 22.1. The van der Waals surface area contributed by atoms with E-state index in [0.717, 1.165) is 40.7 Å². The Balaban J connectivity index is 1.03. The van der Waals surface area contributed by atoms with E-state index in [1.807, 2.05) is 12.1 Å². The standard InChI is InChI=1S/C34H37F3O/c1-22-18-28-20-30(21-29(28)19-22)27-4-2-23(3-5-27)24-6-12-31(13-7-24)34(36,37)38-33-16-10-26(11-17-33)25-8-14-32(35)15-9-25/h6-17,22-23,27-30H,2-5,18-21H2,1H3. The largest absolute Gasteiger partial charge is 0.429 e. The van der Waals surface area contributed by atoms with Gasteiger partial charge >= 0.3 is 6.11 Å². The molecule has 0 radical (unpaired) electrons. The van der Waals surface area contributed by atoms with Gasteiger partial charge in [-0.2, -0.15) is 8.78 Å². The molecule has 3 aromatic carbocycles. The van der Waals surface area contributed by atoms with Crippen LogP contribution in [0.25, 0.3) is 11.1 Å². The number of halogens is 3. The Morgan fingerprint density at radius 2 is 1.16 bits per heavy atom. The molecule has 3 saturated carbocycles. The zero-order valence-corrected chi connectivity index (χ0v) is 22.1. The van der Waals surface area contributed by atoms with Crippen molar-refractivity contribution < 1.29 is 17.9 Å². The van der Waals surface area contributed by atoms with Gasteiger partial charge in [-0.3, -0.25) is 0 Å². The van der Waals surface area contributed by atoms with E-state index < -0.39 is 6.11 Å². The fraction of sp³-hybridized carbons (Fsp3) is 0.471. The van der Waals surface area contributed by atoms with Gasteiger partial charge in [-0.25, -0.2) is 4.39 Å². The third kappa shape index (κ3) is 5.37. The molecule has 200 valence electrons. The van der Waals surface area contributed by atoms with Crippen LogP contribution in [0.5, 0.6) is 5.75 Å². The summed E-state index contributed by atoms with van der Waals surface area (Å²) in [6, 6.07) is 19.3. The molecule has 2 unspecified atom stereocenters. The molecule has 3 fully saturated rings. The Kier molecular flexibility index (Phi) is 7.01. The van der Waals surface area contributed by atoms with Crippen LogP contribution in [-0.2, 0) is 6.11 Å². The number of fused-ring (bicyclic) bond motifs is 1. The van der Waals surface area contributed by atoms with Crippen LogP contribution in [0.15, 0.2) is 72.8 Å². The van der Waals surface area contributed by atoms with Crippen LogP contribution in [-0.4, -0.2) is 0 Å². The highest BCUT2D eigenvalue weighted by Crippen LogP contribution is 2.53. The minimum atomic E-state index is -3.42. The average Bonchev–Trinajstić information content (AvgIpc) is 3.47. The molecule has 0 N–H and O–H groups in total. The second-order valence-corrected chi connectivity index (χ2v) is 12.2. The fourth-order valence-electron chi connectivity index (χ4n) is 7.79. The van der Waals surface area contributed by atoms with Crippen molar-refractivity contribution in [3.63, 3.8) is 0 Å². The molecule has 0 amide bonds. The van der Waals surface area contributed by atoms with Crippen molar-refractivity contribution in [1.29, 1.82) is 0 Å². The van der Waals surface area contributed by atoms with Gasteiger partial charge in [0.15, 0.2) is 0 Å². The first-order chi connectivity index (χ1) is 18.3.